The van der Waals surface area contributed by atoms with E-state index in [0.29, 0.717) is 29.5 Å². The third-order valence-corrected chi connectivity index (χ3v) is 6.45. The first-order chi connectivity index (χ1) is 13.4. The van der Waals surface area contributed by atoms with Crippen LogP contribution in [0.1, 0.15) is 55.9 Å². The molecule has 6 heteroatoms. The molecule has 2 aromatic carbocycles. The summed E-state index contributed by atoms with van der Waals surface area (Å²) < 4.78 is 34.8. The minimum Gasteiger partial charge on any atom is -0.494 e. The quantitative estimate of drug-likeness (QED) is 0.602. The molecule has 0 bridgehead atoms. The van der Waals surface area contributed by atoms with Gasteiger partial charge in [-0.2, -0.15) is 0 Å². The molecule has 0 aliphatic heterocycles. The molecule has 3 N–H and O–H groups in total. The zero-order chi connectivity index (χ0) is 21.8. The summed E-state index contributed by atoms with van der Waals surface area (Å²) in [6.07, 6.45) is 1.76. The van der Waals surface area contributed by atoms with E-state index < -0.39 is 10.0 Å². The van der Waals surface area contributed by atoms with Crippen LogP contribution < -0.4 is 15.2 Å². The molecule has 0 saturated carbocycles. The number of anilines is 1. The smallest absolute Gasteiger partial charge is 0.262 e. The number of rotatable bonds is 8. The predicted molar refractivity (Wildman–Crippen MR) is 120 cm³/mol. The average Bonchev–Trinajstić information content (AvgIpc) is 2.56. The normalized spacial score (nSPS) is 12.1. The maximum Gasteiger partial charge on any atom is 0.262 e. The Kier molecular flexibility index (Phi) is 7.35. The Labute approximate surface area is 175 Å². The Hall–Kier alpha value is -2.05. The lowest BCUT2D eigenvalue weighted by Gasteiger charge is -2.22. The molecule has 2 aromatic rings. The van der Waals surface area contributed by atoms with Crippen molar-refractivity contribution in [2.75, 3.05) is 17.9 Å². The fourth-order valence-corrected chi connectivity index (χ4v) is 4.84. The van der Waals surface area contributed by atoms with Crippen molar-refractivity contribution >= 4 is 15.7 Å². The first-order valence-electron chi connectivity index (χ1n) is 10.0. The molecule has 29 heavy (non-hydrogen) atoms. The van der Waals surface area contributed by atoms with E-state index in [1.54, 1.807) is 12.1 Å². The van der Waals surface area contributed by atoms with Gasteiger partial charge in [-0.25, -0.2) is 8.42 Å². The van der Waals surface area contributed by atoms with Crippen molar-refractivity contribution in [1.82, 2.24) is 0 Å². The molecule has 0 unspecified atom stereocenters. The molecule has 2 rings (SSSR count). The highest BCUT2D eigenvalue weighted by molar-refractivity contribution is 7.92. The van der Waals surface area contributed by atoms with Gasteiger partial charge in [0, 0.05) is 6.07 Å². The van der Waals surface area contributed by atoms with Crippen LogP contribution in [-0.4, -0.2) is 21.6 Å². The molecule has 0 fully saturated rings. The van der Waals surface area contributed by atoms with Crippen LogP contribution in [0.15, 0.2) is 35.2 Å². The predicted octanol–water partition coefficient (Wildman–Crippen LogP) is 4.83. The molecule has 5 nitrogen and oxygen atoms in total. The molecular formula is C23H34N2O3S. The summed E-state index contributed by atoms with van der Waals surface area (Å²) in [5.41, 5.74) is 9.49. The maximum absolute atomic E-state index is 13.2. The van der Waals surface area contributed by atoms with Crippen LogP contribution in [0.3, 0.4) is 0 Å². The van der Waals surface area contributed by atoms with Gasteiger partial charge in [-0.3, -0.25) is 4.72 Å². The zero-order valence-corrected chi connectivity index (χ0v) is 19.2. The number of hydrogen-bond donors (Lipinski definition) is 2. The summed E-state index contributed by atoms with van der Waals surface area (Å²) >= 11 is 0. The topological polar surface area (TPSA) is 81.4 Å². The van der Waals surface area contributed by atoms with Crippen LogP contribution in [0.4, 0.5) is 5.69 Å². The summed E-state index contributed by atoms with van der Waals surface area (Å²) in [6, 6.07) is 9.35. The first-order valence-corrected chi connectivity index (χ1v) is 11.5. The van der Waals surface area contributed by atoms with Gasteiger partial charge < -0.3 is 10.5 Å². The van der Waals surface area contributed by atoms with E-state index in [-0.39, 0.29) is 5.41 Å². The third kappa shape index (κ3) is 6.21. The van der Waals surface area contributed by atoms with Crippen LogP contribution in [0.2, 0.25) is 0 Å². The van der Waals surface area contributed by atoms with Crippen molar-refractivity contribution in [1.29, 1.82) is 0 Å². The summed E-state index contributed by atoms with van der Waals surface area (Å²) in [7, 11) is -3.72. The Balaban J connectivity index is 2.31. The summed E-state index contributed by atoms with van der Waals surface area (Å²) in [5.74, 6) is 0.649. The highest BCUT2D eigenvalue weighted by Gasteiger charge is 2.23. The van der Waals surface area contributed by atoms with Crippen LogP contribution in [0.5, 0.6) is 5.75 Å². The van der Waals surface area contributed by atoms with Crippen LogP contribution >= 0.6 is 0 Å². The monoisotopic (exact) mass is 418 g/mol. The molecule has 160 valence electrons. The zero-order valence-electron chi connectivity index (χ0n) is 18.4. The van der Waals surface area contributed by atoms with E-state index in [1.807, 2.05) is 39.0 Å². The van der Waals surface area contributed by atoms with Crippen molar-refractivity contribution < 1.29 is 13.2 Å². The summed E-state index contributed by atoms with van der Waals surface area (Å²) in [4.78, 5) is 0.331. The fourth-order valence-electron chi connectivity index (χ4n) is 3.34. The van der Waals surface area contributed by atoms with Gasteiger partial charge in [-0.05, 0) is 80.0 Å². The van der Waals surface area contributed by atoms with E-state index in [0.717, 1.165) is 35.1 Å². The second kappa shape index (κ2) is 9.18. The van der Waals surface area contributed by atoms with Gasteiger partial charge in [0.15, 0.2) is 0 Å². The van der Waals surface area contributed by atoms with E-state index in [2.05, 4.69) is 25.5 Å². The number of sulfonamides is 1. The van der Waals surface area contributed by atoms with E-state index in [4.69, 9.17) is 10.5 Å². The number of aryl methyl sites for hydroxylation is 3. The van der Waals surface area contributed by atoms with E-state index in [9.17, 15) is 8.42 Å². The number of nitrogens with two attached hydrogens (primary N) is 1. The Morgan fingerprint density at radius 1 is 0.966 bits per heavy atom. The van der Waals surface area contributed by atoms with Gasteiger partial charge in [0.25, 0.3) is 10.0 Å². The molecule has 0 saturated heterocycles. The molecular weight excluding hydrogens is 384 g/mol. The van der Waals surface area contributed by atoms with Gasteiger partial charge in [-0.1, -0.05) is 32.9 Å². The number of nitrogens with one attached hydrogen (secondary N) is 1. The van der Waals surface area contributed by atoms with Gasteiger partial charge in [0.2, 0.25) is 0 Å². The molecule has 0 atom stereocenters. The fraction of sp³-hybridized carbons (Fsp3) is 0.478. The van der Waals surface area contributed by atoms with Gasteiger partial charge in [-0.15, -0.1) is 0 Å². The Bertz CT molecular complexity index is 938. The van der Waals surface area contributed by atoms with Crippen molar-refractivity contribution in [2.45, 2.75) is 64.7 Å². The SMILES string of the molecule is Cc1cc(NS(=O)(=O)c2c(C)cc(C(C)(C)C)cc2C)cc(OCCCCN)c1. The lowest BCUT2D eigenvalue weighted by molar-refractivity contribution is 0.308. The van der Waals surface area contributed by atoms with Crippen molar-refractivity contribution in [3.8, 4) is 5.75 Å². The van der Waals surface area contributed by atoms with Crippen molar-refractivity contribution in [3.63, 3.8) is 0 Å². The molecule has 0 aliphatic carbocycles. The van der Waals surface area contributed by atoms with Crippen LogP contribution in [-0.2, 0) is 15.4 Å². The van der Waals surface area contributed by atoms with Crippen molar-refractivity contribution in [2.24, 2.45) is 5.73 Å². The molecule has 0 amide bonds. The standard InChI is InChI=1S/C23H34N2O3S/c1-16-11-20(15-21(12-16)28-10-8-7-9-24)25-29(26,27)22-17(2)13-19(14-18(22)3)23(4,5)6/h11-15,25H,7-10,24H2,1-6H3. The average molecular weight is 419 g/mol. The molecule has 0 aromatic heterocycles. The van der Waals surface area contributed by atoms with Crippen LogP contribution in [0, 0.1) is 20.8 Å². The highest BCUT2D eigenvalue weighted by Crippen LogP contribution is 2.31. The highest BCUT2D eigenvalue weighted by atomic mass is 32.2. The first kappa shape index (κ1) is 23.2. The third-order valence-electron chi connectivity index (χ3n) is 4.77. The van der Waals surface area contributed by atoms with E-state index in [1.165, 1.54) is 0 Å². The molecule has 0 radical (unpaired) electrons. The van der Waals surface area contributed by atoms with Gasteiger partial charge in [0.05, 0.1) is 17.2 Å². The van der Waals surface area contributed by atoms with Gasteiger partial charge >= 0.3 is 0 Å². The molecule has 0 heterocycles. The van der Waals surface area contributed by atoms with E-state index >= 15 is 0 Å². The maximum atomic E-state index is 13.2. The van der Waals surface area contributed by atoms with Crippen molar-refractivity contribution in [3.05, 3.63) is 52.6 Å². The lowest BCUT2D eigenvalue weighted by atomic mass is 9.85. The van der Waals surface area contributed by atoms with Crippen LogP contribution in [0.25, 0.3) is 0 Å². The Morgan fingerprint density at radius 3 is 2.14 bits per heavy atom. The summed E-state index contributed by atoms with van der Waals surface area (Å²) in [5, 5.41) is 0. The summed E-state index contributed by atoms with van der Waals surface area (Å²) in [6.45, 7) is 13.2. The van der Waals surface area contributed by atoms with Gasteiger partial charge in [0.1, 0.15) is 5.75 Å². The number of unbranched alkanes of at least 4 members (excludes halogenated alkanes) is 1. The lowest BCUT2D eigenvalue weighted by Crippen LogP contribution is -2.18. The Morgan fingerprint density at radius 2 is 1.59 bits per heavy atom. The minimum atomic E-state index is -3.72. The number of ether oxygens (including phenoxy) is 1. The number of hydrogen-bond acceptors (Lipinski definition) is 4. The molecule has 0 spiro atoms. The second-order valence-electron chi connectivity index (χ2n) is 8.67. The number of benzene rings is 2. The largest absolute Gasteiger partial charge is 0.494 e. The minimum absolute atomic E-state index is 0.0437. The second-order valence-corrected chi connectivity index (χ2v) is 10.3. The molecule has 0 aliphatic rings.